The number of piperidine rings is 1. The molecular formula is C34H40ClF6N9O2. The van der Waals surface area contributed by atoms with Crippen LogP contribution in [0.5, 0.6) is 0 Å². The highest BCUT2D eigenvalue weighted by Crippen LogP contribution is 2.34. The van der Waals surface area contributed by atoms with Gasteiger partial charge in [0, 0.05) is 57.8 Å². The lowest BCUT2D eigenvalue weighted by Crippen LogP contribution is -2.44. The van der Waals surface area contributed by atoms with E-state index in [-0.39, 0.29) is 30.5 Å². The molecule has 0 saturated carbocycles. The topological polar surface area (TPSA) is 128 Å². The minimum atomic E-state index is -4.80. The van der Waals surface area contributed by atoms with E-state index in [1.807, 2.05) is 0 Å². The molecule has 0 spiro atoms. The number of alkyl halides is 6. The summed E-state index contributed by atoms with van der Waals surface area (Å²) in [6, 6.07) is 6.99. The smallest absolute Gasteiger partial charge is 0.368 e. The summed E-state index contributed by atoms with van der Waals surface area (Å²) in [6.45, 7) is 2.32. The third-order valence-corrected chi connectivity index (χ3v) is 9.34. The molecular weight excluding hydrogens is 716 g/mol. The van der Waals surface area contributed by atoms with Gasteiger partial charge in [-0.2, -0.15) is 26.3 Å². The molecule has 18 heteroatoms. The summed E-state index contributed by atoms with van der Waals surface area (Å²) in [7, 11) is 0. The van der Waals surface area contributed by atoms with Crippen LogP contribution in [0.3, 0.4) is 0 Å². The first-order chi connectivity index (χ1) is 24.8. The number of aromatic nitrogens is 4. The molecule has 0 bridgehead atoms. The highest BCUT2D eigenvalue weighted by Gasteiger charge is 2.39. The van der Waals surface area contributed by atoms with Crippen LogP contribution < -0.4 is 25.8 Å². The zero-order valence-electron chi connectivity index (χ0n) is 28.2. The Balaban J connectivity index is 1.10. The average Bonchev–Trinajstić information content (AvgIpc) is 3.60. The van der Waals surface area contributed by atoms with Gasteiger partial charge in [-0.15, -0.1) is 0 Å². The van der Waals surface area contributed by atoms with E-state index >= 15 is 0 Å². The Bertz CT molecular complexity index is 1650. The van der Waals surface area contributed by atoms with Gasteiger partial charge in [-0.25, -0.2) is 19.9 Å². The Morgan fingerprint density at radius 2 is 1.58 bits per heavy atom. The second-order valence-electron chi connectivity index (χ2n) is 12.8. The summed E-state index contributed by atoms with van der Waals surface area (Å²) in [5.41, 5.74) is -0.161. The van der Waals surface area contributed by atoms with Gasteiger partial charge in [0.2, 0.25) is 17.6 Å². The molecule has 5 rings (SSSR count). The third kappa shape index (κ3) is 11.0. The molecule has 2 aliphatic heterocycles. The highest BCUT2D eigenvalue weighted by atomic mass is 35.5. The van der Waals surface area contributed by atoms with Crippen LogP contribution in [0.25, 0.3) is 0 Å². The second-order valence-corrected chi connectivity index (χ2v) is 13.2. The molecule has 2 saturated heterocycles. The largest absolute Gasteiger partial charge is 0.451 e. The van der Waals surface area contributed by atoms with Crippen molar-refractivity contribution in [2.75, 3.05) is 54.4 Å². The Kier molecular flexibility index (Phi) is 13.0. The van der Waals surface area contributed by atoms with Gasteiger partial charge in [0.05, 0.1) is 5.56 Å². The number of rotatable bonds is 14. The van der Waals surface area contributed by atoms with E-state index in [0.29, 0.717) is 80.9 Å². The monoisotopic (exact) mass is 755 g/mol. The molecule has 52 heavy (non-hydrogen) atoms. The maximum Gasteiger partial charge on any atom is 0.451 e. The molecule has 1 aromatic carbocycles. The molecule has 1 atom stereocenters. The van der Waals surface area contributed by atoms with Crippen molar-refractivity contribution in [3.8, 4) is 0 Å². The van der Waals surface area contributed by atoms with E-state index in [1.165, 1.54) is 24.5 Å². The number of carbonyl (C=O) groups is 2. The van der Waals surface area contributed by atoms with Gasteiger partial charge in [0.1, 0.15) is 35.0 Å². The zero-order valence-corrected chi connectivity index (χ0v) is 29.0. The number of benzene rings is 1. The van der Waals surface area contributed by atoms with Crippen LogP contribution in [0, 0.1) is 5.92 Å². The van der Waals surface area contributed by atoms with Crippen molar-refractivity contribution in [2.24, 2.45) is 5.92 Å². The van der Waals surface area contributed by atoms with E-state index in [4.69, 9.17) is 11.6 Å². The number of hydrogen-bond acceptors (Lipinski definition) is 9. The van der Waals surface area contributed by atoms with Crippen LogP contribution in [0.4, 0.5) is 43.8 Å². The van der Waals surface area contributed by atoms with Gasteiger partial charge in [-0.05, 0) is 68.6 Å². The number of anilines is 3. The number of nitrogens with zero attached hydrogens (tertiary/aromatic N) is 6. The van der Waals surface area contributed by atoms with Crippen molar-refractivity contribution < 1.29 is 35.9 Å². The highest BCUT2D eigenvalue weighted by molar-refractivity contribution is 6.29. The fourth-order valence-electron chi connectivity index (χ4n) is 6.39. The van der Waals surface area contributed by atoms with Crippen LogP contribution in [0.1, 0.15) is 61.9 Å². The average molecular weight is 756 g/mol. The fraction of sp³-hybridized carbons (Fsp3) is 0.529. The minimum absolute atomic E-state index is 0.0156. The Hall–Kier alpha value is -4.41. The molecule has 2 fully saturated rings. The number of halogens is 7. The molecule has 2 aliphatic rings. The minimum Gasteiger partial charge on any atom is -0.368 e. The molecule has 0 radical (unpaired) electrons. The van der Waals surface area contributed by atoms with Crippen molar-refractivity contribution >= 4 is 40.9 Å². The summed E-state index contributed by atoms with van der Waals surface area (Å²) in [6.07, 6.45) is -3.34. The molecule has 11 nitrogen and oxygen atoms in total. The number of amides is 2. The lowest BCUT2D eigenvalue weighted by Gasteiger charge is -2.34. The first-order valence-corrected chi connectivity index (χ1v) is 17.5. The van der Waals surface area contributed by atoms with E-state index in [1.54, 1.807) is 15.9 Å². The molecule has 2 amide bonds. The normalized spacial score (nSPS) is 16.9. The summed E-state index contributed by atoms with van der Waals surface area (Å²) in [5.74, 6) is -0.712. The Labute approximate surface area is 302 Å². The van der Waals surface area contributed by atoms with Crippen LogP contribution >= 0.6 is 11.6 Å². The van der Waals surface area contributed by atoms with Crippen molar-refractivity contribution in [1.82, 2.24) is 30.6 Å². The first kappa shape index (κ1) is 38.8. The van der Waals surface area contributed by atoms with Crippen LogP contribution in [0.2, 0.25) is 5.15 Å². The second kappa shape index (κ2) is 17.4. The number of carbonyl (C=O) groups excluding carboxylic acids is 2. The maximum atomic E-state index is 14.0. The maximum absolute atomic E-state index is 14.0. The van der Waals surface area contributed by atoms with E-state index < -0.39 is 35.7 Å². The molecule has 0 aliphatic carbocycles. The van der Waals surface area contributed by atoms with Gasteiger partial charge in [-0.1, -0.05) is 23.7 Å². The summed E-state index contributed by atoms with van der Waals surface area (Å²) < 4.78 is 80.5. The standard InChI is InChI=1S/C34H40ClF6N9O2/c35-26-19-27(46-21-45-26)42-14-15-43-30(51)5-1-3-22-11-17-49(18-12-22)28-20-29(48-32(47-28)34(39,40)41)50-16-2-4-25(50)31(52)44-13-10-23-6-8-24(9-7-23)33(36,37)38/h6-9,19-22,25H,1-5,10-18H2,(H,43,51)(H,44,52)(H,42,45,46)/t25-/m0/s1. The van der Waals surface area contributed by atoms with E-state index in [0.717, 1.165) is 31.4 Å². The quantitative estimate of drug-likeness (QED) is 0.105. The van der Waals surface area contributed by atoms with Crippen molar-refractivity contribution in [3.63, 3.8) is 0 Å². The number of nitrogens with one attached hydrogen (secondary N) is 3. The fourth-order valence-corrected chi connectivity index (χ4v) is 6.54. The molecule has 3 N–H and O–H groups in total. The van der Waals surface area contributed by atoms with Crippen LogP contribution in [-0.2, 0) is 28.4 Å². The van der Waals surface area contributed by atoms with Crippen molar-refractivity contribution in [3.05, 3.63) is 64.8 Å². The van der Waals surface area contributed by atoms with E-state index in [2.05, 4.69) is 35.9 Å². The molecule has 4 heterocycles. The van der Waals surface area contributed by atoms with Gasteiger partial charge in [-0.3, -0.25) is 9.59 Å². The van der Waals surface area contributed by atoms with E-state index in [9.17, 15) is 35.9 Å². The van der Waals surface area contributed by atoms with Gasteiger partial charge >= 0.3 is 12.4 Å². The summed E-state index contributed by atoms with van der Waals surface area (Å²) in [4.78, 5) is 44.3. The lowest BCUT2D eigenvalue weighted by molar-refractivity contribution is -0.144. The van der Waals surface area contributed by atoms with Crippen LogP contribution in [0.15, 0.2) is 42.7 Å². The third-order valence-electron chi connectivity index (χ3n) is 9.14. The van der Waals surface area contributed by atoms with Crippen molar-refractivity contribution in [1.29, 1.82) is 0 Å². The zero-order chi connectivity index (χ0) is 37.3. The Morgan fingerprint density at radius 3 is 2.27 bits per heavy atom. The van der Waals surface area contributed by atoms with Gasteiger partial charge in [0.25, 0.3) is 0 Å². The van der Waals surface area contributed by atoms with Gasteiger partial charge in [0.15, 0.2) is 0 Å². The predicted molar refractivity (Wildman–Crippen MR) is 183 cm³/mol. The molecule has 0 unspecified atom stereocenters. The molecule has 3 aromatic rings. The summed E-state index contributed by atoms with van der Waals surface area (Å²) >= 11 is 5.83. The SMILES string of the molecule is O=C(CCCC1CCN(c2cc(N3CCC[C@H]3C(=O)NCCc3ccc(C(F)(F)F)cc3)nc(C(F)(F)F)n2)CC1)NCCNc1cc(Cl)ncn1. The Morgan fingerprint density at radius 1 is 0.846 bits per heavy atom. The van der Waals surface area contributed by atoms with Gasteiger partial charge < -0.3 is 25.8 Å². The number of hydrogen-bond donors (Lipinski definition) is 3. The first-order valence-electron chi connectivity index (χ1n) is 17.2. The molecule has 282 valence electrons. The van der Waals surface area contributed by atoms with Crippen LogP contribution in [-0.4, -0.2) is 77.1 Å². The lowest BCUT2D eigenvalue weighted by atomic mass is 9.91. The summed E-state index contributed by atoms with van der Waals surface area (Å²) in [5, 5.41) is 9.00. The predicted octanol–water partition coefficient (Wildman–Crippen LogP) is 5.90. The molecule has 2 aromatic heterocycles. The van der Waals surface area contributed by atoms with Crippen molar-refractivity contribution in [2.45, 2.75) is 69.8 Å².